The Morgan fingerprint density at radius 1 is 0.387 bits per heavy atom. The highest BCUT2D eigenvalue weighted by molar-refractivity contribution is 6.99. The molecule has 0 aliphatic carbocycles. The van der Waals surface area contributed by atoms with Crippen molar-refractivity contribution < 1.29 is 4.74 Å². The number of para-hydroxylation sites is 4. The number of anilines is 3. The molecule has 0 spiro atoms. The highest BCUT2D eigenvalue weighted by Gasteiger charge is 2.43. The van der Waals surface area contributed by atoms with E-state index in [-0.39, 0.29) is 6.71 Å². The Balaban J connectivity index is 1.05. The molecule has 2 aliphatic heterocycles. The van der Waals surface area contributed by atoms with Gasteiger partial charge in [-0.15, -0.1) is 0 Å². The second-order valence-corrected chi connectivity index (χ2v) is 20.2. The van der Waals surface area contributed by atoms with Crippen molar-refractivity contribution in [3.8, 4) is 56.3 Å². The van der Waals surface area contributed by atoms with Crippen LogP contribution in [0.15, 0.2) is 249 Å². The zero-order valence-electron chi connectivity index (χ0n) is 41.6. The molecule has 0 unspecified atom stereocenters. The van der Waals surface area contributed by atoms with Crippen LogP contribution in [0.4, 0.5) is 17.1 Å². The summed E-state index contributed by atoms with van der Waals surface area (Å²) < 4.78 is 12.3. The fourth-order valence-electron chi connectivity index (χ4n) is 12.6. The van der Waals surface area contributed by atoms with Crippen molar-refractivity contribution in [2.45, 2.75) is 26.2 Å². The fraction of sp³-hybridized carbons (Fsp3) is 0.0571. The van der Waals surface area contributed by atoms with E-state index >= 15 is 0 Å². The second kappa shape index (κ2) is 17.4. The molecule has 5 heteroatoms. The molecule has 0 radical (unpaired) electrons. The van der Waals surface area contributed by atoms with Crippen molar-refractivity contribution in [1.29, 1.82) is 0 Å². The lowest BCUT2D eigenvalue weighted by atomic mass is 9.34. The van der Waals surface area contributed by atoms with Gasteiger partial charge in [-0.05, 0) is 124 Å². The van der Waals surface area contributed by atoms with E-state index in [1.54, 1.807) is 0 Å². The van der Waals surface area contributed by atoms with Gasteiger partial charge in [-0.25, -0.2) is 0 Å². The summed E-state index contributed by atoms with van der Waals surface area (Å²) in [6.45, 7) is 2.17. The molecule has 0 atom stereocenters. The molecule has 0 N–H and O–H groups in total. The van der Waals surface area contributed by atoms with Crippen molar-refractivity contribution in [1.82, 2.24) is 9.13 Å². The molecule has 4 heterocycles. The monoisotopic (exact) mass is 959 g/mol. The lowest BCUT2D eigenvalue weighted by Gasteiger charge is -2.42. The third-order valence-corrected chi connectivity index (χ3v) is 15.9. The van der Waals surface area contributed by atoms with E-state index in [4.69, 9.17) is 4.74 Å². The van der Waals surface area contributed by atoms with Gasteiger partial charge in [0.05, 0.1) is 27.8 Å². The Bertz CT molecular complexity index is 4220. The largest absolute Gasteiger partial charge is 0.458 e. The smallest absolute Gasteiger partial charge is 0.256 e. The maximum Gasteiger partial charge on any atom is 0.256 e. The number of fused-ring (bicyclic) bond motifs is 10. The van der Waals surface area contributed by atoms with Gasteiger partial charge < -0.3 is 18.8 Å². The van der Waals surface area contributed by atoms with Crippen LogP contribution >= 0.6 is 0 Å². The van der Waals surface area contributed by atoms with Gasteiger partial charge in [-0.3, -0.25) is 0 Å². The number of nitrogens with zero attached hydrogens (tertiary/aromatic N) is 3. The van der Waals surface area contributed by atoms with Crippen LogP contribution < -0.4 is 26.0 Å². The Morgan fingerprint density at radius 3 is 1.37 bits per heavy atom. The van der Waals surface area contributed by atoms with Crippen molar-refractivity contribution >= 4 is 83.8 Å². The molecule has 2 aromatic heterocycles. The summed E-state index contributed by atoms with van der Waals surface area (Å²) in [4.78, 5) is 2.62. The van der Waals surface area contributed by atoms with Gasteiger partial charge >= 0.3 is 0 Å². The summed E-state index contributed by atoms with van der Waals surface area (Å²) >= 11 is 0. The summed E-state index contributed by atoms with van der Waals surface area (Å²) in [5.41, 5.74) is 22.1. The first kappa shape index (κ1) is 43.3. The normalized spacial score (nSPS) is 12.5. The van der Waals surface area contributed by atoms with Gasteiger partial charge in [0, 0.05) is 61.5 Å². The van der Waals surface area contributed by atoms with Gasteiger partial charge in [0.2, 0.25) is 0 Å². The maximum absolute atomic E-state index is 7.45. The molecular formula is C70H50BN3O. The molecule has 15 rings (SSSR count). The molecule has 354 valence electrons. The molecule has 4 nitrogen and oxygen atoms in total. The Morgan fingerprint density at radius 2 is 0.853 bits per heavy atom. The molecular weight excluding hydrogens is 910 g/mol. The first-order chi connectivity index (χ1) is 37.2. The highest BCUT2D eigenvalue weighted by Crippen LogP contribution is 2.51. The number of aryl methyl sites for hydroxylation is 1. The van der Waals surface area contributed by atoms with Crippen LogP contribution in [0.3, 0.4) is 0 Å². The van der Waals surface area contributed by atoms with E-state index in [1.165, 1.54) is 71.2 Å². The summed E-state index contributed by atoms with van der Waals surface area (Å²) in [5.74, 6) is 1.81. The lowest BCUT2D eigenvalue weighted by molar-refractivity contribution is 0.486. The topological polar surface area (TPSA) is 22.3 Å². The van der Waals surface area contributed by atoms with Crippen LogP contribution in [-0.2, 0) is 6.42 Å². The van der Waals surface area contributed by atoms with Crippen molar-refractivity contribution in [3.63, 3.8) is 0 Å². The quantitative estimate of drug-likeness (QED) is 0.135. The van der Waals surface area contributed by atoms with E-state index in [0.29, 0.717) is 0 Å². The second-order valence-electron chi connectivity index (χ2n) is 20.2. The number of hydrogen-bond donors (Lipinski definition) is 0. The Kier molecular flexibility index (Phi) is 10.1. The van der Waals surface area contributed by atoms with Crippen LogP contribution in [0, 0.1) is 0 Å². The van der Waals surface area contributed by atoms with E-state index in [2.05, 4.69) is 270 Å². The van der Waals surface area contributed by atoms with E-state index in [1.807, 2.05) is 0 Å². The lowest BCUT2D eigenvalue weighted by Crippen LogP contribution is -2.59. The van der Waals surface area contributed by atoms with Gasteiger partial charge in [0.15, 0.2) is 0 Å². The predicted octanol–water partition coefficient (Wildman–Crippen LogP) is 16.6. The van der Waals surface area contributed by atoms with E-state index in [9.17, 15) is 0 Å². The summed E-state index contributed by atoms with van der Waals surface area (Å²) in [5, 5.41) is 4.96. The maximum atomic E-state index is 7.45. The van der Waals surface area contributed by atoms with Crippen LogP contribution in [-0.4, -0.2) is 15.8 Å². The number of aromatic nitrogens is 2. The van der Waals surface area contributed by atoms with Crippen LogP contribution in [0.1, 0.15) is 25.3 Å². The highest BCUT2D eigenvalue weighted by atomic mass is 16.5. The number of benzene rings is 11. The van der Waals surface area contributed by atoms with Crippen molar-refractivity contribution in [2.75, 3.05) is 4.90 Å². The zero-order valence-corrected chi connectivity index (χ0v) is 41.6. The first-order valence-electron chi connectivity index (χ1n) is 26.4. The molecule has 11 aromatic carbocycles. The number of unbranched alkanes of at least 4 members (excludes halogenated alkanes) is 1. The minimum Gasteiger partial charge on any atom is -0.458 e. The molecule has 0 bridgehead atoms. The molecule has 0 saturated heterocycles. The van der Waals surface area contributed by atoms with Gasteiger partial charge in [0.25, 0.3) is 6.71 Å². The molecule has 13 aromatic rings. The zero-order chi connectivity index (χ0) is 49.6. The Hall–Kier alpha value is -9.32. The number of hydrogen-bond acceptors (Lipinski definition) is 2. The SMILES string of the molecule is CCCCc1cc2c3c(c1)N(c1c(-c4ccccc4)cc(-c4ccccc4)cc1-c1ccccc1)c1cc(-n4c5ccccc5c5ccccc54)ccc1B3c1ccc(-n3c4ccccc4c4ccccc43)cc1O2. The average molecular weight is 960 g/mol. The molecule has 2 aliphatic rings. The fourth-order valence-corrected chi connectivity index (χ4v) is 12.6. The molecule has 0 amide bonds. The third kappa shape index (κ3) is 6.85. The third-order valence-electron chi connectivity index (χ3n) is 15.9. The van der Waals surface area contributed by atoms with Crippen molar-refractivity contribution in [3.05, 3.63) is 254 Å². The number of rotatable bonds is 9. The van der Waals surface area contributed by atoms with Crippen molar-refractivity contribution in [2.24, 2.45) is 0 Å². The Labute approximate surface area is 437 Å². The molecule has 75 heavy (non-hydrogen) atoms. The van der Waals surface area contributed by atoms with Gasteiger partial charge in [-0.1, -0.05) is 189 Å². The number of ether oxygens (including phenoxy) is 1. The summed E-state index contributed by atoms with van der Waals surface area (Å²) in [7, 11) is 0. The minimum atomic E-state index is -0.117. The predicted molar refractivity (Wildman–Crippen MR) is 316 cm³/mol. The van der Waals surface area contributed by atoms with E-state index in [0.717, 1.165) is 86.9 Å². The minimum absolute atomic E-state index is 0.117. The van der Waals surface area contributed by atoms with Crippen LogP contribution in [0.25, 0.3) is 88.4 Å². The molecule has 0 fully saturated rings. The average Bonchev–Trinajstić information content (AvgIpc) is 4.06. The van der Waals surface area contributed by atoms with Crippen LogP contribution in [0.5, 0.6) is 11.5 Å². The standard InChI is InChI=1S/C70H50BN3O/c1-2-3-21-46-40-66-69-68(41-46)75-67-45-52(73-63-34-19-15-30-55(63)56-31-16-20-35-64(56)73)37-39-60(67)71(69)59-38-36-51(72-61-32-17-13-28-53(61)54-29-14-18-33-62(54)72)44-65(59)74(66)70-57(48-24-9-5-10-25-48)42-50(47-22-7-4-8-23-47)43-58(70)49-26-11-6-12-27-49/h4-20,22-45H,2-3,21H2,1H3. The summed E-state index contributed by atoms with van der Waals surface area (Å²) in [6.07, 6.45) is 3.10. The summed E-state index contributed by atoms with van der Waals surface area (Å²) in [6, 6.07) is 91.9. The van der Waals surface area contributed by atoms with Crippen LogP contribution in [0.2, 0.25) is 0 Å². The van der Waals surface area contributed by atoms with E-state index < -0.39 is 0 Å². The van der Waals surface area contributed by atoms with Gasteiger partial charge in [0.1, 0.15) is 11.5 Å². The molecule has 0 saturated carbocycles. The van der Waals surface area contributed by atoms with Gasteiger partial charge in [-0.2, -0.15) is 0 Å². The first-order valence-corrected chi connectivity index (χ1v) is 26.4.